The number of methoxy groups -OCH3 is 1. The lowest BCUT2D eigenvalue weighted by molar-refractivity contribution is -0.136. The van der Waals surface area contributed by atoms with E-state index in [4.69, 9.17) is 9.15 Å². The first-order chi connectivity index (χ1) is 13.7. The average molecular weight is 383 g/mol. The van der Waals surface area contributed by atoms with Crippen molar-refractivity contribution in [2.45, 2.75) is 44.6 Å². The molecule has 0 radical (unpaired) electrons. The summed E-state index contributed by atoms with van der Waals surface area (Å²) in [7, 11) is 1.67. The number of hydrogen-bond donors (Lipinski definition) is 0. The summed E-state index contributed by atoms with van der Waals surface area (Å²) in [5.74, 6) is 2.54. The van der Waals surface area contributed by atoms with Gasteiger partial charge in [-0.1, -0.05) is 12.1 Å². The number of carbonyl (C=O) groups is 1. The highest BCUT2D eigenvalue weighted by atomic mass is 16.5. The molecule has 2 aliphatic rings. The van der Waals surface area contributed by atoms with E-state index in [2.05, 4.69) is 16.0 Å². The summed E-state index contributed by atoms with van der Waals surface area (Å²) in [6.07, 6.45) is 7.94. The SMILES string of the molecule is COc1cccc(Cc2cnc([C@@H]3CCCCN3C(=O)CN3CCCC3)o2)c1. The molecule has 0 N–H and O–H groups in total. The van der Waals surface area contributed by atoms with Gasteiger partial charge in [-0.15, -0.1) is 0 Å². The van der Waals surface area contributed by atoms with Crippen LogP contribution < -0.4 is 4.74 Å². The highest BCUT2D eigenvalue weighted by Gasteiger charge is 2.32. The number of rotatable bonds is 6. The lowest BCUT2D eigenvalue weighted by Gasteiger charge is -2.34. The number of piperidine rings is 1. The molecule has 4 rings (SSSR count). The van der Waals surface area contributed by atoms with E-state index >= 15 is 0 Å². The Morgan fingerprint density at radius 1 is 1.21 bits per heavy atom. The second kappa shape index (κ2) is 8.78. The van der Waals surface area contributed by atoms with Crippen molar-refractivity contribution in [1.82, 2.24) is 14.8 Å². The van der Waals surface area contributed by atoms with Gasteiger partial charge >= 0.3 is 0 Å². The van der Waals surface area contributed by atoms with Crippen molar-refractivity contribution in [2.24, 2.45) is 0 Å². The molecule has 2 aromatic rings. The molecular formula is C22H29N3O3. The standard InChI is InChI=1S/C22H29N3O3/c1-27-18-8-6-7-17(13-18)14-19-15-23-22(28-19)20-9-2-3-12-25(20)21(26)16-24-10-4-5-11-24/h6-8,13,15,20H,2-5,9-12,14,16H2,1H3/t20-/m0/s1. The van der Waals surface area contributed by atoms with Crippen molar-refractivity contribution < 1.29 is 13.9 Å². The van der Waals surface area contributed by atoms with E-state index in [1.807, 2.05) is 23.1 Å². The molecule has 6 nitrogen and oxygen atoms in total. The Balaban J connectivity index is 1.45. The Bertz CT molecular complexity index is 798. The number of likely N-dealkylation sites (tertiary alicyclic amines) is 2. The van der Waals surface area contributed by atoms with Crippen LogP contribution in [0.25, 0.3) is 0 Å². The zero-order chi connectivity index (χ0) is 19.3. The van der Waals surface area contributed by atoms with E-state index in [1.54, 1.807) is 13.3 Å². The zero-order valence-corrected chi connectivity index (χ0v) is 16.6. The summed E-state index contributed by atoms with van der Waals surface area (Å²) in [6.45, 7) is 3.39. The monoisotopic (exact) mass is 383 g/mol. The van der Waals surface area contributed by atoms with Gasteiger partial charge in [0, 0.05) is 13.0 Å². The van der Waals surface area contributed by atoms with Crippen LogP contribution in [0.1, 0.15) is 55.4 Å². The van der Waals surface area contributed by atoms with Gasteiger partial charge in [0.05, 0.1) is 19.9 Å². The summed E-state index contributed by atoms with van der Waals surface area (Å²) in [6, 6.07) is 7.93. The first-order valence-electron chi connectivity index (χ1n) is 10.3. The number of ether oxygens (including phenoxy) is 1. The molecule has 0 spiro atoms. The molecule has 0 aliphatic carbocycles. The van der Waals surface area contributed by atoms with Crippen molar-refractivity contribution in [2.75, 3.05) is 33.3 Å². The van der Waals surface area contributed by atoms with Gasteiger partial charge in [0.2, 0.25) is 11.8 Å². The third-order valence-electron chi connectivity index (χ3n) is 5.75. The van der Waals surface area contributed by atoms with Crippen LogP contribution in [0.4, 0.5) is 0 Å². The van der Waals surface area contributed by atoms with Gasteiger partial charge in [0.25, 0.3) is 0 Å². The molecule has 6 heteroatoms. The Kier molecular flexibility index (Phi) is 5.95. The van der Waals surface area contributed by atoms with Crippen molar-refractivity contribution in [1.29, 1.82) is 0 Å². The van der Waals surface area contributed by atoms with Crippen molar-refractivity contribution in [3.8, 4) is 5.75 Å². The summed E-state index contributed by atoms with van der Waals surface area (Å²) < 4.78 is 11.4. The molecule has 0 unspecified atom stereocenters. The van der Waals surface area contributed by atoms with Gasteiger partial charge in [0.15, 0.2) is 0 Å². The third-order valence-corrected chi connectivity index (χ3v) is 5.75. The maximum atomic E-state index is 12.9. The van der Waals surface area contributed by atoms with Crippen molar-refractivity contribution >= 4 is 5.91 Å². The smallest absolute Gasteiger partial charge is 0.237 e. The second-order valence-electron chi connectivity index (χ2n) is 7.78. The lowest BCUT2D eigenvalue weighted by atomic mass is 10.0. The average Bonchev–Trinajstić information content (AvgIpc) is 3.40. The molecule has 28 heavy (non-hydrogen) atoms. The molecule has 2 fully saturated rings. The molecule has 1 amide bonds. The van der Waals surface area contributed by atoms with Crippen LogP contribution >= 0.6 is 0 Å². The van der Waals surface area contributed by atoms with Gasteiger partial charge in [-0.2, -0.15) is 0 Å². The van der Waals surface area contributed by atoms with Crippen LogP contribution in [-0.4, -0.2) is 54.0 Å². The number of oxazole rings is 1. The van der Waals surface area contributed by atoms with E-state index < -0.39 is 0 Å². The fourth-order valence-electron chi connectivity index (χ4n) is 4.25. The van der Waals surface area contributed by atoms with E-state index in [9.17, 15) is 4.79 Å². The lowest BCUT2D eigenvalue weighted by Crippen LogP contribution is -2.43. The fourth-order valence-corrected chi connectivity index (χ4v) is 4.25. The van der Waals surface area contributed by atoms with Crippen LogP contribution in [-0.2, 0) is 11.2 Å². The summed E-state index contributed by atoms with van der Waals surface area (Å²) in [5.41, 5.74) is 1.12. The van der Waals surface area contributed by atoms with Crippen LogP contribution in [0.3, 0.4) is 0 Å². The zero-order valence-electron chi connectivity index (χ0n) is 16.6. The third kappa shape index (κ3) is 4.38. The van der Waals surface area contributed by atoms with Crippen LogP contribution in [0.2, 0.25) is 0 Å². The van der Waals surface area contributed by atoms with E-state index in [-0.39, 0.29) is 11.9 Å². The predicted molar refractivity (Wildman–Crippen MR) is 106 cm³/mol. The molecule has 3 heterocycles. The van der Waals surface area contributed by atoms with Gasteiger partial charge in [-0.25, -0.2) is 4.98 Å². The second-order valence-corrected chi connectivity index (χ2v) is 7.78. The van der Waals surface area contributed by atoms with E-state index in [1.165, 1.54) is 12.8 Å². The minimum Gasteiger partial charge on any atom is -0.497 e. The first kappa shape index (κ1) is 19.0. The predicted octanol–water partition coefficient (Wildman–Crippen LogP) is 3.42. The Hall–Kier alpha value is -2.34. The van der Waals surface area contributed by atoms with E-state index in [0.717, 1.165) is 56.0 Å². The number of amides is 1. The number of hydrogen-bond acceptors (Lipinski definition) is 5. The molecule has 1 aromatic heterocycles. The normalized spacial score (nSPS) is 20.5. The number of nitrogens with zero attached hydrogens (tertiary/aromatic N) is 3. The van der Waals surface area contributed by atoms with Gasteiger partial charge in [0.1, 0.15) is 17.6 Å². The summed E-state index contributed by atoms with van der Waals surface area (Å²) >= 11 is 0. The summed E-state index contributed by atoms with van der Waals surface area (Å²) in [5, 5.41) is 0. The Morgan fingerprint density at radius 2 is 2.04 bits per heavy atom. The highest BCUT2D eigenvalue weighted by Crippen LogP contribution is 2.31. The molecule has 1 atom stereocenters. The van der Waals surface area contributed by atoms with Gasteiger partial charge < -0.3 is 14.1 Å². The minimum absolute atomic E-state index is 0.0390. The fraction of sp³-hybridized carbons (Fsp3) is 0.545. The largest absolute Gasteiger partial charge is 0.497 e. The molecule has 0 bridgehead atoms. The minimum atomic E-state index is -0.0390. The van der Waals surface area contributed by atoms with E-state index in [0.29, 0.717) is 18.9 Å². The molecule has 1 aromatic carbocycles. The Morgan fingerprint density at radius 3 is 2.86 bits per heavy atom. The number of benzene rings is 1. The van der Waals surface area contributed by atoms with Gasteiger partial charge in [-0.3, -0.25) is 9.69 Å². The van der Waals surface area contributed by atoms with Gasteiger partial charge in [-0.05, 0) is 62.9 Å². The van der Waals surface area contributed by atoms with Crippen LogP contribution in [0.5, 0.6) is 5.75 Å². The van der Waals surface area contributed by atoms with Crippen LogP contribution in [0.15, 0.2) is 34.9 Å². The van der Waals surface area contributed by atoms with Crippen molar-refractivity contribution in [3.63, 3.8) is 0 Å². The number of carbonyl (C=O) groups excluding carboxylic acids is 1. The quantitative estimate of drug-likeness (QED) is 0.765. The number of aromatic nitrogens is 1. The van der Waals surface area contributed by atoms with Crippen molar-refractivity contribution in [3.05, 3.63) is 47.7 Å². The van der Waals surface area contributed by atoms with Crippen LogP contribution in [0, 0.1) is 0 Å². The highest BCUT2D eigenvalue weighted by molar-refractivity contribution is 5.78. The molecule has 2 saturated heterocycles. The Labute approximate surface area is 166 Å². The topological polar surface area (TPSA) is 58.8 Å². The maximum Gasteiger partial charge on any atom is 0.237 e. The first-order valence-corrected chi connectivity index (χ1v) is 10.3. The maximum absolute atomic E-state index is 12.9. The molecular weight excluding hydrogens is 354 g/mol. The molecule has 0 saturated carbocycles. The summed E-state index contributed by atoms with van der Waals surface area (Å²) in [4.78, 5) is 21.7. The molecule has 150 valence electrons. The molecule has 2 aliphatic heterocycles.